The smallest absolute Gasteiger partial charge is 0.129 e. The molecule has 0 bridgehead atoms. The second-order valence-electron chi connectivity index (χ2n) is 5.01. The van der Waals surface area contributed by atoms with Crippen molar-refractivity contribution in [1.82, 2.24) is 10.3 Å². The lowest BCUT2D eigenvalue weighted by Crippen LogP contribution is -2.21. The minimum Gasteiger partial charge on any atom is -0.356 e. The predicted octanol–water partition coefficient (Wildman–Crippen LogP) is 2.35. The van der Waals surface area contributed by atoms with Gasteiger partial charge in [-0.1, -0.05) is 13.3 Å². The Balaban J connectivity index is 2.15. The Labute approximate surface area is 104 Å². The summed E-state index contributed by atoms with van der Waals surface area (Å²) in [6.45, 7) is 7.61. The highest BCUT2D eigenvalue weighted by Crippen LogP contribution is 2.25. The Kier molecular flexibility index (Phi) is 4.00. The molecule has 2 heterocycles. The fourth-order valence-corrected chi connectivity index (χ4v) is 2.56. The molecule has 3 heteroatoms. The summed E-state index contributed by atoms with van der Waals surface area (Å²) in [7, 11) is 1.98. The maximum absolute atomic E-state index is 4.66. The molecule has 0 amide bonds. The minimum atomic E-state index is 0.852. The van der Waals surface area contributed by atoms with Gasteiger partial charge < -0.3 is 10.2 Å². The van der Waals surface area contributed by atoms with E-state index in [1.807, 2.05) is 7.05 Å². The molecule has 2 rings (SSSR count). The van der Waals surface area contributed by atoms with Crippen LogP contribution in [-0.4, -0.2) is 25.1 Å². The fraction of sp³-hybridized carbons (Fsp3) is 0.643. The molecule has 0 aromatic carbocycles. The molecule has 1 aliphatic heterocycles. The fourth-order valence-electron chi connectivity index (χ4n) is 2.56. The van der Waals surface area contributed by atoms with E-state index in [4.69, 9.17) is 0 Å². The molecule has 0 spiro atoms. The van der Waals surface area contributed by atoms with Gasteiger partial charge in [-0.2, -0.15) is 0 Å². The number of hydrogen-bond acceptors (Lipinski definition) is 3. The van der Waals surface area contributed by atoms with E-state index in [-0.39, 0.29) is 0 Å². The standard InChI is InChI=1S/C14H23N3/c1-4-12-5-6-17(10-12)14-8-13(9-15-3)7-11(2)16-14/h7-8,12,15H,4-6,9-10H2,1-3H3. The molecule has 0 radical (unpaired) electrons. The number of nitrogens with zero attached hydrogens (tertiary/aromatic N) is 2. The molecule has 1 saturated heterocycles. The highest BCUT2D eigenvalue weighted by atomic mass is 15.2. The van der Waals surface area contributed by atoms with Crippen LogP contribution in [0.5, 0.6) is 0 Å². The zero-order valence-electron chi connectivity index (χ0n) is 11.2. The van der Waals surface area contributed by atoms with Crippen LogP contribution < -0.4 is 10.2 Å². The first kappa shape index (κ1) is 12.4. The normalized spacial score (nSPS) is 19.9. The zero-order chi connectivity index (χ0) is 12.3. The molecule has 1 atom stereocenters. The summed E-state index contributed by atoms with van der Waals surface area (Å²) in [6, 6.07) is 4.38. The van der Waals surface area contributed by atoms with E-state index in [0.717, 1.165) is 30.5 Å². The first-order valence-electron chi connectivity index (χ1n) is 6.60. The molecule has 0 saturated carbocycles. The first-order valence-corrected chi connectivity index (χ1v) is 6.60. The molecular weight excluding hydrogens is 210 g/mol. The van der Waals surface area contributed by atoms with Crippen LogP contribution in [-0.2, 0) is 6.54 Å². The molecule has 94 valence electrons. The molecule has 1 unspecified atom stereocenters. The number of anilines is 1. The Morgan fingerprint density at radius 3 is 2.94 bits per heavy atom. The average molecular weight is 233 g/mol. The number of hydrogen-bond donors (Lipinski definition) is 1. The van der Waals surface area contributed by atoms with Gasteiger partial charge in [0, 0.05) is 25.3 Å². The van der Waals surface area contributed by atoms with Crippen molar-refractivity contribution in [3.63, 3.8) is 0 Å². The van der Waals surface area contributed by atoms with Gasteiger partial charge in [0.25, 0.3) is 0 Å². The molecule has 3 nitrogen and oxygen atoms in total. The topological polar surface area (TPSA) is 28.2 Å². The van der Waals surface area contributed by atoms with Crippen molar-refractivity contribution in [2.24, 2.45) is 5.92 Å². The van der Waals surface area contributed by atoms with E-state index in [1.165, 1.54) is 24.9 Å². The second kappa shape index (κ2) is 5.50. The van der Waals surface area contributed by atoms with Crippen LogP contribution in [0.4, 0.5) is 5.82 Å². The van der Waals surface area contributed by atoms with Gasteiger partial charge in [-0.3, -0.25) is 0 Å². The molecule has 1 aromatic rings. The highest BCUT2D eigenvalue weighted by molar-refractivity contribution is 5.43. The minimum absolute atomic E-state index is 0.852. The van der Waals surface area contributed by atoms with E-state index < -0.39 is 0 Å². The highest BCUT2D eigenvalue weighted by Gasteiger charge is 2.22. The number of aryl methyl sites for hydroxylation is 1. The van der Waals surface area contributed by atoms with Gasteiger partial charge >= 0.3 is 0 Å². The van der Waals surface area contributed by atoms with E-state index in [9.17, 15) is 0 Å². The third kappa shape index (κ3) is 2.97. The first-order chi connectivity index (χ1) is 8.22. The molecule has 0 aliphatic carbocycles. The molecule has 1 fully saturated rings. The summed E-state index contributed by atoms with van der Waals surface area (Å²) in [4.78, 5) is 7.10. The van der Waals surface area contributed by atoms with Crippen molar-refractivity contribution in [3.8, 4) is 0 Å². The number of nitrogens with one attached hydrogen (secondary N) is 1. The SMILES string of the molecule is CCC1CCN(c2cc(CNC)cc(C)n2)C1. The summed E-state index contributed by atoms with van der Waals surface area (Å²) >= 11 is 0. The molecule has 17 heavy (non-hydrogen) atoms. The van der Waals surface area contributed by atoms with Gasteiger partial charge in [0.1, 0.15) is 5.82 Å². The lowest BCUT2D eigenvalue weighted by Gasteiger charge is -2.19. The predicted molar refractivity (Wildman–Crippen MR) is 72.3 cm³/mol. The van der Waals surface area contributed by atoms with E-state index in [0.29, 0.717) is 0 Å². The molecule has 1 N–H and O–H groups in total. The van der Waals surface area contributed by atoms with Gasteiger partial charge in [-0.25, -0.2) is 4.98 Å². The van der Waals surface area contributed by atoms with Crippen molar-refractivity contribution in [2.45, 2.75) is 33.2 Å². The number of pyridine rings is 1. The van der Waals surface area contributed by atoms with Crippen molar-refractivity contribution in [2.75, 3.05) is 25.0 Å². The van der Waals surface area contributed by atoms with Crippen molar-refractivity contribution in [3.05, 3.63) is 23.4 Å². The number of aromatic nitrogens is 1. The molecule has 1 aromatic heterocycles. The van der Waals surface area contributed by atoms with Crippen LogP contribution in [0.25, 0.3) is 0 Å². The van der Waals surface area contributed by atoms with Crippen LogP contribution in [0, 0.1) is 12.8 Å². The van der Waals surface area contributed by atoms with Crippen molar-refractivity contribution in [1.29, 1.82) is 0 Å². The Hall–Kier alpha value is -1.09. The van der Waals surface area contributed by atoms with Crippen molar-refractivity contribution < 1.29 is 0 Å². The van der Waals surface area contributed by atoms with E-state index in [1.54, 1.807) is 0 Å². The van der Waals surface area contributed by atoms with Gasteiger partial charge in [0.15, 0.2) is 0 Å². The summed E-state index contributed by atoms with van der Waals surface area (Å²) in [5, 5.41) is 3.20. The largest absolute Gasteiger partial charge is 0.356 e. The van der Waals surface area contributed by atoms with E-state index in [2.05, 4.69) is 41.2 Å². The lowest BCUT2D eigenvalue weighted by molar-refractivity contribution is 0.568. The number of rotatable bonds is 4. The molecule has 1 aliphatic rings. The third-order valence-electron chi connectivity index (χ3n) is 3.57. The average Bonchev–Trinajstić information content (AvgIpc) is 2.77. The van der Waals surface area contributed by atoms with Gasteiger partial charge in [-0.15, -0.1) is 0 Å². The third-order valence-corrected chi connectivity index (χ3v) is 3.57. The molecular formula is C14H23N3. The summed E-state index contributed by atoms with van der Waals surface area (Å²) in [5.74, 6) is 2.01. The Morgan fingerprint density at radius 1 is 1.47 bits per heavy atom. The van der Waals surface area contributed by atoms with E-state index >= 15 is 0 Å². The summed E-state index contributed by atoms with van der Waals surface area (Å²) < 4.78 is 0. The van der Waals surface area contributed by atoms with Crippen molar-refractivity contribution >= 4 is 5.82 Å². The zero-order valence-corrected chi connectivity index (χ0v) is 11.2. The maximum Gasteiger partial charge on any atom is 0.129 e. The van der Waals surface area contributed by atoms with Gasteiger partial charge in [0.05, 0.1) is 0 Å². The Bertz CT molecular complexity index is 376. The Morgan fingerprint density at radius 2 is 2.29 bits per heavy atom. The lowest BCUT2D eigenvalue weighted by atomic mass is 10.1. The van der Waals surface area contributed by atoms with Crippen LogP contribution in [0.1, 0.15) is 31.0 Å². The monoisotopic (exact) mass is 233 g/mol. The summed E-state index contributed by atoms with van der Waals surface area (Å²) in [5.41, 5.74) is 2.45. The van der Waals surface area contributed by atoms with Crippen LogP contribution in [0.15, 0.2) is 12.1 Å². The van der Waals surface area contributed by atoms with Crippen LogP contribution >= 0.6 is 0 Å². The van der Waals surface area contributed by atoms with Crippen LogP contribution in [0.3, 0.4) is 0 Å². The van der Waals surface area contributed by atoms with Gasteiger partial charge in [0.2, 0.25) is 0 Å². The maximum atomic E-state index is 4.66. The second-order valence-corrected chi connectivity index (χ2v) is 5.01. The van der Waals surface area contributed by atoms with Crippen LogP contribution in [0.2, 0.25) is 0 Å². The van der Waals surface area contributed by atoms with Gasteiger partial charge in [-0.05, 0) is 44.0 Å². The summed E-state index contributed by atoms with van der Waals surface area (Å²) in [6.07, 6.45) is 2.60. The quantitative estimate of drug-likeness (QED) is 0.865.